The fourth-order valence-corrected chi connectivity index (χ4v) is 2.88. The Hall–Kier alpha value is -0.830. The van der Waals surface area contributed by atoms with Crippen molar-refractivity contribution in [1.82, 2.24) is 10.3 Å². The summed E-state index contributed by atoms with van der Waals surface area (Å²) in [5, 5.41) is 3.43. The van der Waals surface area contributed by atoms with Gasteiger partial charge in [-0.2, -0.15) is 0 Å². The van der Waals surface area contributed by atoms with Crippen LogP contribution in [0, 0.1) is 0 Å². The van der Waals surface area contributed by atoms with Crippen LogP contribution in [0.2, 0.25) is 0 Å². The molecule has 1 atom stereocenters. The van der Waals surface area contributed by atoms with Crippen LogP contribution in [-0.4, -0.2) is 11.5 Å². The second kappa shape index (κ2) is 7.68. The molecule has 1 saturated carbocycles. The van der Waals surface area contributed by atoms with Gasteiger partial charge in [-0.05, 0) is 32.7 Å². The van der Waals surface area contributed by atoms with E-state index < -0.39 is 0 Å². The van der Waals surface area contributed by atoms with Crippen molar-refractivity contribution in [1.29, 1.82) is 0 Å². The molecule has 1 unspecified atom stereocenters. The molecule has 0 amide bonds. The third-order valence-electron chi connectivity index (χ3n) is 4.12. The van der Waals surface area contributed by atoms with Crippen molar-refractivity contribution < 1.29 is 4.42 Å². The van der Waals surface area contributed by atoms with E-state index in [0.717, 1.165) is 24.6 Å². The maximum absolute atomic E-state index is 6.00. The highest BCUT2D eigenvalue weighted by Crippen LogP contribution is 2.31. The second-order valence-corrected chi connectivity index (χ2v) is 5.82. The molecule has 0 radical (unpaired) electrons. The summed E-state index contributed by atoms with van der Waals surface area (Å²) in [6, 6.07) is 0.224. The molecule has 1 aromatic rings. The minimum Gasteiger partial charge on any atom is -0.444 e. The van der Waals surface area contributed by atoms with Crippen LogP contribution >= 0.6 is 0 Å². The van der Waals surface area contributed by atoms with Crippen LogP contribution in [0.25, 0.3) is 0 Å². The van der Waals surface area contributed by atoms with Gasteiger partial charge in [0.25, 0.3) is 0 Å². The van der Waals surface area contributed by atoms with Gasteiger partial charge in [0.2, 0.25) is 5.89 Å². The van der Waals surface area contributed by atoms with Gasteiger partial charge >= 0.3 is 0 Å². The summed E-state index contributed by atoms with van der Waals surface area (Å²) >= 11 is 0. The molecule has 0 spiro atoms. The lowest BCUT2D eigenvalue weighted by atomic mass is 9.90. The lowest BCUT2D eigenvalue weighted by molar-refractivity contribution is 0.349. The molecule has 0 aliphatic heterocycles. The monoisotopic (exact) mass is 264 g/mol. The number of nitrogens with zero attached hydrogens (tertiary/aromatic N) is 1. The highest BCUT2D eigenvalue weighted by atomic mass is 16.4. The van der Waals surface area contributed by atoms with E-state index in [4.69, 9.17) is 4.42 Å². The maximum Gasteiger partial charge on any atom is 0.211 e. The Morgan fingerprint density at radius 1 is 1.26 bits per heavy atom. The van der Waals surface area contributed by atoms with Crippen molar-refractivity contribution >= 4 is 0 Å². The molecule has 0 saturated heterocycles. The molecule has 1 aliphatic carbocycles. The first-order chi connectivity index (χ1) is 9.31. The van der Waals surface area contributed by atoms with Crippen LogP contribution in [0.4, 0.5) is 0 Å². The number of nitrogens with one attached hydrogen (secondary N) is 1. The fourth-order valence-electron chi connectivity index (χ4n) is 2.88. The van der Waals surface area contributed by atoms with Gasteiger partial charge in [0.15, 0.2) is 0 Å². The summed E-state index contributed by atoms with van der Waals surface area (Å²) < 4.78 is 6.00. The fraction of sp³-hybridized carbons (Fsp3) is 0.812. The van der Waals surface area contributed by atoms with E-state index in [0.29, 0.717) is 5.92 Å². The largest absolute Gasteiger partial charge is 0.444 e. The van der Waals surface area contributed by atoms with Crippen molar-refractivity contribution in [2.24, 2.45) is 0 Å². The summed E-state index contributed by atoms with van der Waals surface area (Å²) in [7, 11) is 0. The smallest absolute Gasteiger partial charge is 0.211 e. The first-order valence-electron chi connectivity index (χ1n) is 8.00. The number of hydrogen-bond acceptors (Lipinski definition) is 3. The number of oxazole rings is 1. The zero-order chi connectivity index (χ0) is 13.5. The molecule has 0 bridgehead atoms. The Bertz CT molecular complexity index is 353. The van der Waals surface area contributed by atoms with E-state index in [1.807, 2.05) is 6.20 Å². The third-order valence-corrected chi connectivity index (χ3v) is 4.12. The molecular formula is C16H28N2O. The van der Waals surface area contributed by atoms with Crippen LogP contribution in [0.5, 0.6) is 0 Å². The lowest BCUT2D eigenvalue weighted by Gasteiger charge is -2.17. The topological polar surface area (TPSA) is 38.1 Å². The van der Waals surface area contributed by atoms with E-state index in [1.165, 1.54) is 44.9 Å². The Balaban J connectivity index is 1.94. The van der Waals surface area contributed by atoms with Crippen LogP contribution in [0.3, 0.4) is 0 Å². The predicted octanol–water partition coefficient (Wildman–Crippen LogP) is 4.56. The van der Waals surface area contributed by atoms with Crippen molar-refractivity contribution in [2.75, 3.05) is 6.54 Å². The van der Waals surface area contributed by atoms with Gasteiger partial charge in [-0.15, -0.1) is 0 Å². The Morgan fingerprint density at radius 2 is 1.95 bits per heavy atom. The quantitative estimate of drug-likeness (QED) is 0.847. The molecule has 1 N–H and O–H groups in total. The van der Waals surface area contributed by atoms with E-state index in [1.54, 1.807) is 0 Å². The van der Waals surface area contributed by atoms with Gasteiger partial charge in [-0.3, -0.25) is 0 Å². The van der Waals surface area contributed by atoms with Crippen molar-refractivity contribution in [3.05, 3.63) is 17.8 Å². The van der Waals surface area contributed by atoms with E-state index in [-0.39, 0.29) is 6.04 Å². The molecule has 2 rings (SSSR count). The summed E-state index contributed by atoms with van der Waals surface area (Å²) in [5.74, 6) is 2.56. The zero-order valence-electron chi connectivity index (χ0n) is 12.5. The molecule has 1 heterocycles. The number of aromatic nitrogens is 1. The molecular weight excluding hydrogens is 236 g/mol. The van der Waals surface area contributed by atoms with E-state index in [2.05, 4.69) is 24.1 Å². The van der Waals surface area contributed by atoms with Crippen molar-refractivity contribution in [2.45, 2.75) is 77.2 Å². The average Bonchev–Trinajstić information content (AvgIpc) is 2.85. The summed E-state index contributed by atoms with van der Waals surface area (Å²) in [5.41, 5.74) is 0. The van der Waals surface area contributed by atoms with Gasteiger partial charge < -0.3 is 9.73 Å². The highest BCUT2D eigenvalue weighted by molar-refractivity contribution is 5.04. The Morgan fingerprint density at radius 3 is 2.63 bits per heavy atom. The molecule has 3 nitrogen and oxygen atoms in total. The normalized spacial score (nSPS) is 19.9. The molecule has 108 valence electrons. The standard InChI is InChI=1S/C16H28N2O/c1-3-11-17-13(2)16-18-12-15(19-16)14-9-7-5-4-6-8-10-14/h12-14,17H,3-11H2,1-2H3. The maximum atomic E-state index is 6.00. The molecule has 1 aromatic heterocycles. The molecule has 1 fully saturated rings. The van der Waals surface area contributed by atoms with Gasteiger partial charge in [0.1, 0.15) is 5.76 Å². The van der Waals surface area contributed by atoms with Gasteiger partial charge in [-0.25, -0.2) is 4.98 Å². The molecule has 3 heteroatoms. The zero-order valence-corrected chi connectivity index (χ0v) is 12.5. The average molecular weight is 264 g/mol. The predicted molar refractivity (Wildman–Crippen MR) is 78.3 cm³/mol. The molecule has 19 heavy (non-hydrogen) atoms. The Kier molecular flexibility index (Phi) is 5.90. The van der Waals surface area contributed by atoms with E-state index >= 15 is 0 Å². The number of hydrogen-bond donors (Lipinski definition) is 1. The van der Waals surface area contributed by atoms with Crippen LogP contribution in [-0.2, 0) is 0 Å². The second-order valence-electron chi connectivity index (χ2n) is 5.82. The van der Waals surface area contributed by atoms with Gasteiger partial charge in [0, 0.05) is 5.92 Å². The van der Waals surface area contributed by atoms with Crippen molar-refractivity contribution in [3.8, 4) is 0 Å². The van der Waals surface area contributed by atoms with Crippen LogP contribution < -0.4 is 5.32 Å². The van der Waals surface area contributed by atoms with Crippen molar-refractivity contribution in [3.63, 3.8) is 0 Å². The van der Waals surface area contributed by atoms with Gasteiger partial charge in [-0.1, -0.05) is 39.0 Å². The van der Waals surface area contributed by atoms with E-state index in [9.17, 15) is 0 Å². The molecule has 1 aliphatic rings. The minimum absolute atomic E-state index is 0.224. The molecule has 0 aromatic carbocycles. The van der Waals surface area contributed by atoms with Crippen LogP contribution in [0.1, 0.15) is 88.8 Å². The van der Waals surface area contributed by atoms with Gasteiger partial charge in [0.05, 0.1) is 12.2 Å². The summed E-state index contributed by atoms with van der Waals surface area (Å²) in [6.45, 7) is 5.32. The summed E-state index contributed by atoms with van der Waals surface area (Å²) in [6.07, 6.45) is 12.5. The summed E-state index contributed by atoms with van der Waals surface area (Å²) in [4.78, 5) is 4.47. The highest BCUT2D eigenvalue weighted by Gasteiger charge is 2.19. The first kappa shape index (κ1) is 14.6. The number of rotatable bonds is 5. The third kappa shape index (κ3) is 4.34. The first-order valence-corrected chi connectivity index (χ1v) is 8.00. The minimum atomic E-state index is 0.224. The van der Waals surface area contributed by atoms with Crippen LogP contribution in [0.15, 0.2) is 10.6 Å². The SMILES string of the molecule is CCCNC(C)c1ncc(C2CCCCCCC2)o1. The lowest BCUT2D eigenvalue weighted by Crippen LogP contribution is -2.19. The Labute approximate surface area is 117 Å².